The third-order valence-corrected chi connectivity index (χ3v) is 22.0. The Morgan fingerprint density at radius 3 is 1.35 bits per heavy atom. The lowest BCUT2D eigenvalue weighted by molar-refractivity contribution is -0.00518. The summed E-state index contributed by atoms with van der Waals surface area (Å²) in [5.41, 5.74) is 15.8. The molecule has 0 spiro atoms. The van der Waals surface area contributed by atoms with Crippen LogP contribution in [-0.2, 0) is 10.8 Å². The van der Waals surface area contributed by atoms with Crippen LogP contribution in [0.2, 0.25) is 0 Å². The fraction of sp³-hybridized carbons (Fsp3) is 0.194. The summed E-state index contributed by atoms with van der Waals surface area (Å²) < 4.78 is 0. The predicted octanol–water partition coefficient (Wildman–Crippen LogP) is 14.6. The second-order valence-electron chi connectivity index (χ2n) is 21.5. The van der Waals surface area contributed by atoms with Crippen molar-refractivity contribution < 1.29 is 0 Å². The Kier molecular flexibility index (Phi) is 10.1. The number of rotatable bonds is 10. The van der Waals surface area contributed by atoms with Gasteiger partial charge in [-0.15, -0.1) is 0 Å². The SMILES string of the molecule is CC1(C)c2ccc(-c3ccccc3-c3ccccc3)cc2-c2ccc(N(c3ccc(C45CC6CC(CC(C6)C4)C5)cc3)c3ccc([Si](c4ccccc4)(c4ccccc4)c4ccccc4)cc3)cc21. The van der Waals surface area contributed by atoms with E-state index < -0.39 is 8.07 Å². The zero-order chi connectivity index (χ0) is 46.2. The average Bonchev–Trinajstić information content (AvgIpc) is 3.62. The quantitative estimate of drug-likeness (QED) is 0.0976. The maximum atomic E-state index is 2.53. The van der Waals surface area contributed by atoms with Crippen molar-refractivity contribution in [3.8, 4) is 33.4 Å². The molecule has 4 bridgehead atoms. The summed E-state index contributed by atoms with van der Waals surface area (Å²) in [7, 11) is -2.70. The van der Waals surface area contributed by atoms with Crippen LogP contribution in [0.4, 0.5) is 17.1 Å². The van der Waals surface area contributed by atoms with E-state index in [9.17, 15) is 0 Å². The van der Waals surface area contributed by atoms with Crippen molar-refractivity contribution >= 4 is 45.9 Å². The average molecular weight is 906 g/mol. The summed E-state index contributed by atoms with van der Waals surface area (Å²) in [6, 6.07) is 87.6. The second-order valence-corrected chi connectivity index (χ2v) is 25.3. The van der Waals surface area contributed by atoms with Crippen LogP contribution >= 0.6 is 0 Å². The molecule has 0 radical (unpaired) electrons. The Balaban J connectivity index is 0.940. The van der Waals surface area contributed by atoms with E-state index in [1.165, 1.54) is 121 Å². The molecule has 0 amide bonds. The normalized spacial score (nSPS) is 20.6. The lowest BCUT2D eigenvalue weighted by atomic mass is 9.48. The molecule has 4 saturated carbocycles. The van der Waals surface area contributed by atoms with Gasteiger partial charge in [0.05, 0.1) is 0 Å². The summed E-state index contributed by atoms with van der Waals surface area (Å²) >= 11 is 0. The lowest BCUT2D eigenvalue weighted by Crippen LogP contribution is -2.74. The predicted molar refractivity (Wildman–Crippen MR) is 293 cm³/mol. The minimum Gasteiger partial charge on any atom is -0.310 e. The second kappa shape index (κ2) is 16.6. The molecule has 0 unspecified atom stereocenters. The van der Waals surface area contributed by atoms with E-state index in [4.69, 9.17) is 0 Å². The molecule has 14 rings (SSSR count). The molecule has 2 heteroatoms. The highest BCUT2D eigenvalue weighted by Crippen LogP contribution is 2.61. The molecule has 0 atom stereocenters. The zero-order valence-corrected chi connectivity index (χ0v) is 40.9. The van der Waals surface area contributed by atoms with Gasteiger partial charge >= 0.3 is 0 Å². The highest BCUT2D eigenvalue weighted by Gasteiger charge is 2.51. The van der Waals surface area contributed by atoms with Crippen LogP contribution in [0.15, 0.2) is 231 Å². The molecule has 9 aromatic rings. The first kappa shape index (κ1) is 42.1. The van der Waals surface area contributed by atoms with E-state index in [1.807, 2.05) is 0 Å². The van der Waals surface area contributed by atoms with Crippen molar-refractivity contribution in [3.05, 3.63) is 247 Å². The zero-order valence-electron chi connectivity index (χ0n) is 39.9. The highest BCUT2D eigenvalue weighted by molar-refractivity contribution is 7.19. The molecule has 9 aromatic carbocycles. The number of hydrogen-bond acceptors (Lipinski definition) is 1. The fourth-order valence-electron chi connectivity index (χ4n) is 14.5. The number of nitrogens with zero attached hydrogens (tertiary/aromatic N) is 1. The van der Waals surface area contributed by atoms with E-state index in [0.717, 1.165) is 17.8 Å². The van der Waals surface area contributed by atoms with Crippen LogP contribution < -0.4 is 25.6 Å². The highest BCUT2D eigenvalue weighted by atomic mass is 28.3. The molecular weight excluding hydrogens is 847 g/mol. The molecule has 1 nitrogen and oxygen atoms in total. The fourth-order valence-corrected chi connectivity index (χ4v) is 19.2. The van der Waals surface area contributed by atoms with Gasteiger partial charge in [0.25, 0.3) is 0 Å². The standard InChI is InChI=1S/C67H59NSi/c1-66(2)64-38-27-51(61-26-16-15-25-60(61)50-17-7-3-8-18-50)42-63(64)62-37-34-55(43-65(62)66)68(53-30-28-52(29-31-53)67-44-47-39-48(45-67)41-49(40-47)46-67)54-32-35-59(36-33-54)69(56-19-9-4-10-20-56,57-21-11-5-12-22-57)58-23-13-6-14-24-58/h3-38,42-43,47-49H,39-41,44-46H2,1-2H3. The first-order chi connectivity index (χ1) is 33.9. The van der Waals surface area contributed by atoms with E-state index in [-0.39, 0.29) is 5.41 Å². The lowest BCUT2D eigenvalue weighted by Gasteiger charge is -2.57. The van der Waals surface area contributed by atoms with Crippen LogP contribution in [0.3, 0.4) is 0 Å². The van der Waals surface area contributed by atoms with Gasteiger partial charge in [0.1, 0.15) is 0 Å². The minimum absolute atomic E-state index is 0.178. The number of anilines is 3. The Morgan fingerprint density at radius 1 is 0.362 bits per heavy atom. The van der Waals surface area contributed by atoms with Crippen molar-refractivity contribution in [2.75, 3.05) is 4.90 Å². The van der Waals surface area contributed by atoms with Gasteiger partial charge in [-0.2, -0.15) is 0 Å². The monoisotopic (exact) mass is 905 g/mol. The molecule has 69 heavy (non-hydrogen) atoms. The van der Waals surface area contributed by atoms with Crippen molar-refractivity contribution in [2.24, 2.45) is 17.8 Å². The Hall–Kier alpha value is -7.00. The van der Waals surface area contributed by atoms with Crippen LogP contribution in [0, 0.1) is 17.8 Å². The van der Waals surface area contributed by atoms with Gasteiger partial charge in [0.15, 0.2) is 8.07 Å². The smallest absolute Gasteiger partial charge is 0.179 e. The molecule has 0 heterocycles. The van der Waals surface area contributed by atoms with E-state index in [2.05, 4.69) is 249 Å². The molecule has 0 N–H and O–H groups in total. The summed E-state index contributed by atoms with van der Waals surface area (Å²) in [6.07, 6.45) is 8.51. The third kappa shape index (κ3) is 6.93. The topological polar surface area (TPSA) is 3.24 Å². The van der Waals surface area contributed by atoms with Crippen molar-refractivity contribution in [2.45, 2.75) is 63.2 Å². The van der Waals surface area contributed by atoms with Crippen LogP contribution in [-0.4, -0.2) is 8.07 Å². The molecule has 4 fully saturated rings. The Labute approximate surface area is 410 Å². The van der Waals surface area contributed by atoms with Crippen molar-refractivity contribution in [1.29, 1.82) is 0 Å². The van der Waals surface area contributed by atoms with Crippen LogP contribution in [0.5, 0.6) is 0 Å². The van der Waals surface area contributed by atoms with Gasteiger partial charge in [-0.05, 0) is 175 Å². The number of hydrogen-bond donors (Lipinski definition) is 0. The van der Waals surface area contributed by atoms with Gasteiger partial charge < -0.3 is 4.90 Å². The van der Waals surface area contributed by atoms with Crippen LogP contribution in [0.1, 0.15) is 69.1 Å². The molecule has 0 aromatic heterocycles. The maximum absolute atomic E-state index is 2.70. The summed E-state index contributed by atoms with van der Waals surface area (Å²) in [6.45, 7) is 4.83. The molecule has 336 valence electrons. The van der Waals surface area contributed by atoms with Gasteiger partial charge in [0.2, 0.25) is 0 Å². The molecule has 0 saturated heterocycles. The maximum Gasteiger partial charge on any atom is 0.179 e. The molecule has 5 aliphatic carbocycles. The molecule has 5 aliphatic rings. The summed E-state index contributed by atoms with van der Waals surface area (Å²) in [4.78, 5) is 2.53. The summed E-state index contributed by atoms with van der Waals surface area (Å²) in [5, 5.41) is 5.54. The van der Waals surface area contributed by atoms with Gasteiger partial charge in [-0.3, -0.25) is 0 Å². The van der Waals surface area contributed by atoms with Crippen LogP contribution in [0.25, 0.3) is 33.4 Å². The first-order valence-corrected chi connectivity index (χ1v) is 27.5. The molecular formula is C67H59NSi. The number of benzene rings is 9. The van der Waals surface area contributed by atoms with Gasteiger partial charge in [-0.25, -0.2) is 0 Å². The third-order valence-electron chi connectivity index (χ3n) is 17.2. The summed E-state index contributed by atoms with van der Waals surface area (Å²) in [5.74, 6) is 2.74. The number of fused-ring (bicyclic) bond motifs is 3. The van der Waals surface area contributed by atoms with Crippen molar-refractivity contribution in [3.63, 3.8) is 0 Å². The Bertz CT molecular complexity index is 3170. The van der Waals surface area contributed by atoms with E-state index >= 15 is 0 Å². The van der Waals surface area contributed by atoms with E-state index in [0.29, 0.717) is 5.41 Å². The first-order valence-electron chi connectivity index (χ1n) is 25.5. The van der Waals surface area contributed by atoms with Gasteiger partial charge in [-0.1, -0.05) is 202 Å². The Morgan fingerprint density at radius 2 is 0.812 bits per heavy atom. The van der Waals surface area contributed by atoms with Gasteiger partial charge in [0, 0.05) is 22.5 Å². The molecule has 0 aliphatic heterocycles. The van der Waals surface area contributed by atoms with Crippen molar-refractivity contribution in [1.82, 2.24) is 0 Å². The largest absolute Gasteiger partial charge is 0.310 e. The van der Waals surface area contributed by atoms with E-state index in [1.54, 1.807) is 5.56 Å². The minimum atomic E-state index is -2.70.